The third kappa shape index (κ3) is 7.64. The van der Waals surface area contributed by atoms with E-state index in [0.717, 1.165) is 12.8 Å². The Hall–Kier alpha value is -3.02. The monoisotopic (exact) mass is 580 g/mol. The van der Waals surface area contributed by atoms with Crippen LogP contribution in [0.5, 0.6) is 0 Å². The van der Waals surface area contributed by atoms with Crippen LogP contribution in [0, 0.1) is 11.8 Å². The predicted molar refractivity (Wildman–Crippen MR) is 146 cm³/mol. The Morgan fingerprint density at radius 3 is 2.24 bits per heavy atom. The largest absolute Gasteiger partial charge is 0.512 e. The number of carbonyl (C=O) groups is 3. The van der Waals surface area contributed by atoms with Crippen molar-refractivity contribution in [3.05, 3.63) is 58.9 Å². The molecule has 8 nitrogen and oxygen atoms in total. The lowest BCUT2D eigenvalue weighted by Gasteiger charge is -2.36. The maximum absolute atomic E-state index is 13.6. The maximum atomic E-state index is 13.6. The number of aliphatic hydroxyl groups is 1. The second kappa shape index (κ2) is 14.7. The van der Waals surface area contributed by atoms with E-state index in [4.69, 9.17) is 15.3 Å². The Labute approximate surface area is 238 Å². The summed E-state index contributed by atoms with van der Waals surface area (Å²) in [5.74, 6) is -3.86. The normalized spacial score (nSPS) is 22.2. The standard InChI is InChI=1S/C30H39F3N2O6/c1-2-9-24-26(15-14-23(27(24)38)25(16-17-36)30(31,32)33)40-18-19-41-35(20-37)28(39)29(34,21-10-5-3-6-11-21)22-12-7-4-8-13-22/h5,7,10-13,17,20,24-26,38H,2-4,6,8-9,14-16,18-19,34H2,1H3. The average molecular weight is 581 g/mol. The van der Waals surface area contributed by atoms with Gasteiger partial charge in [-0.15, -0.1) is 0 Å². The number of aldehydes is 1. The fourth-order valence-corrected chi connectivity index (χ4v) is 5.67. The lowest BCUT2D eigenvalue weighted by atomic mass is 9.78. The minimum Gasteiger partial charge on any atom is -0.512 e. The zero-order valence-corrected chi connectivity index (χ0v) is 23.3. The number of halogens is 3. The Bertz CT molecular complexity index is 1080. The summed E-state index contributed by atoms with van der Waals surface area (Å²) in [4.78, 5) is 41.9. The minimum atomic E-state index is -4.65. The van der Waals surface area contributed by atoms with Crippen LogP contribution in [0.25, 0.3) is 0 Å². The van der Waals surface area contributed by atoms with Crippen LogP contribution >= 0.6 is 0 Å². The number of nitrogens with zero attached hydrogens (tertiary/aromatic N) is 1. The summed E-state index contributed by atoms with van der Waals surface area (Å²) in [6.45, 7) is 1.53. The molecule has 0 aromatic heterocycles. The van der Waals surface area contributed by atoms with Crippen LogP contribution in [-0.4, -0.2) is 59.8 Å². The molecule has 3 aliphatic carbocycles. The van der Waals surface area contributed by atoms with E-state index in [2.05, 4.69) is 0 Å². The minimum absolute atomic E-state index is 0.0739. The molecule has 0 spiro atoms. The van der Waals surface area contributed by atoms with Crippen LogP contribution in [0.2, 0.25) is 0 Å². The van der Waals surface area contributed by atoms with Gasteiger partial charge in [-0.3, -0.25) is 14.4 Å². The highest BCUT2D eigenvalue weighted by molar-refractivity contribution is 5.99. The van der Waals surface area contributed by atoms with Gasteiger partial charge in [0.1, 0.15) is 11.8 Å². The van der Waals surface area contributed by atoms with E-state index in [1.165, 1.54) is 0 Å². The molecule has 0 aliphatic heterocycles. The van der Waals surface area contributed by atoms with Gasteiger partial charge in [0.25, 0.3) is 5.91 Å². The second-order valence-electron chi connectivity index (χ2n) is 10.4. The summed E-state index contributed by atoms with van der Waals surface area (Å²) in [5.41, 5.74) is 6.03. The van der Waals surface area contributed by atoms with Gasteiger partial charge in [-0.2, -0.15) is 18.2 Å². The first-order valence-corrected chi connectivity index (χ1v) is 14.1. The van der Waals surface area contributed by atoms with Crippen LogP contribution in [0.15, 0.2) is 58.9 Å². The van der Waals surface area contributed by atoms with E-state index in [-0.39, 0.29) is 50.1 Å². The van der Waals surface area contributed by atoms with Crippen molar-refractivity contribution in [2.24, 2.45) is 17.6 Å². The van der Waals surface area contributed by atoms with Gasteiger partial charge in [-0.1, -0.05) is 49.8 Å². The Morgan fingerprint density at radius 2 is 1.76 bits per heavy atom. The summed E-state index contributed by atoms with van der Waals surface area (Å²) in [7, 11) is 0. The molecule has 0 saturated carbocycles. The van der Waals surface area contributed by atoms with Crippen molar-refractivity contribution in [3.8, 4) is 0 Å². The number of amides is 2. The van der Waals surface area contributed by atoms with Crippen molar-refractivity contribution in [1.29, 1.82) is 0 Å². The van der Waals surface area contributed by atoms with Crippen molar-refractivity contribution in [3.63, 3.8) is 0 Å². The van der Waals surface area contributed by atoms with E-state index < -0.39 is 42.0 Å². The summed E-state index contributed by atoms with van der Waals surface area (Å²) in [6.07, 6.45) is 9.72. The zero-order chi connectivity index (χ0) is 30.0. The van der Waals surface area contributed by atoms with Gasteiger partial charge in [0.05, 0.1) is 31.0 Å². The molecule has 3 aliphatic rings. The van der Waals surface area contributed by atoms with Crippen molar-refractivity contribution in [2.45, 2.75) is 82.5 Å². The number of hydroxylamine groups is 2. The van der Waals surface area contributed by atoms with Gasteiger partial charge in [-0.05, 0) is 61.7 Å². The van der Waals surface area contributed by atoms with Gasteiger partial charge in [0.2, 0.25) is 6.41 Å². The third-order valence-corrected chi connectivity index (χ3v) is 7.75. The second-order valence-corrected chi connectivity index (χ2v) is 10.4. The molecule has 0 fully saturated rings. The van der Waals surface area contributed by atoms with Crippen LogP contribution in [0.1, 0.15) is 64.7 Å². The highest BCUT2D eigenvalue weighted by atomic mass is 19.4. The summed E-state index contributed by atoms with van der Waals surface area (Å²) in [6, 6.07) is 0. The van der Waals surface area contributed by atoms with Crippen LogP contribution in [0.3, 0.4) is 0 Å². The number of imide groups is 1. The quantitative estimate of drug-likeness (QED) is 0.162. The number of hydrogen-bond acceptors (Lipinski definition) is 7. The molecule has 3 rings (SSSR count). The summed E-state index contributed by atoms with van der Waals surface area (Å²) < 4.78 is 46.6. The number of rotatable bonds is 14. The first-order valence-electron chi connectivity index (χ1n) is 14.1. The molecule has 2 amide bonds. The molecule has 0 aromatic carbocycles. The number of nitrogens with two attached hydrogens (primary N) is 1. The molecule has 3 unspecified atom stereocenters. The van der Waals surface area contributed by atoms with Crippen LogP contribution in [0.4, 0.5) is 13.2 Å². The van der Waals surface area contributed by atoms with Crippen molar-refractivity contribution in [2.75, 3.05) is 13.2 Å². The summed E-state index contributed by atoms with van der Waals surface area (Å²) >= 11 is 0. The SMILES string of the molecule is CCCC1C(O)=C(C(CC=O)C(F)(F)F)CCC1OCCON(C=O)C(=O)C(N)(C1=CCCC=C1)C1=CCCC=C1. The fraction of sp³-hybridized carbons (Fsp3) is 0.567. The predicted octanol–water partition coefficient (Wildman–Crippen LogP) is 5.33. The molecule has 0 aromatic rings. The number of alkyl halides is 3. The molecule has 0 saturated heterocycles. The van der Waals surface area contributed by atoms with Gasteiger partial charge in [0.15, 0.2) is 0 Å². The molecule has 226 valence electrons. The zero-order valence-electron chi connectivity index (χ0n) is 23.3. The number of ether oxygens (including phenoxy) is 1. The maximum Gasteiger partial charge on any atom is 0.395 e. The van der Waals surface area contributed by atoms with Gasteiger partial charge in [-0.25, -0.2) is 0 Å². The number of carbonyl (C=O) groups excluding carboxylic acids is 3. The van der Waals surface area contributed by atoms with Crippen molar-refractivity contribution < 1.29 is 42.2 Å². The molecule has 11 heteroatoms. The van der Waals surface area contributed by atoms with E-state index in [1.54, 1.807) is 12.2 Å². The Balaban J connectivity index is 1.69. The van der Waals surface area contributed by atoms with Gasteiger partial charge in [0, 0.05) is 12.3 Å². The molecule has 41 heavy (non-hydrogen) atoms. The molecular formula is C30H39F3N2O6. The third-order valence-electron chi connectivity index (χ3n) is 7.75. The van der Waals surface area contributed by atoms with Gasteiger partial charge >= 0.3 is 6.18 Å². The Kier molecular flexibility index (Phi) is 11.7. The van der Waals surface area contributed by atoms with E-state index >= 15 is 0 Å². The molecular weight excluding hydrogens is 541 g/mol. The van der Waals surface area contributed by atoms with E-state index in [1.807, 2.05) is 31.2 Å². The van der Waals surface area contributed by atoms with Crippen molar-refractivity contribution >= 4 is 18.6 Å². The van der Waals surface area contributed by atoms with Crippen LogP contribution in [-0.2, 0) is 24.0 Å². The summed E-state index contributed by atoms with van der Waals surface area (Å²) in [5, 5.41) is 11.4. The molecule has 0 bridgehead atoms. The highest BCUT2D eigenvalue weighted by Crippen LogP contribution is 2.43. The molecule has 0 heterocycles. The van der Waals surface area contributed by atoms with E-state index in [9.17, 15) is 32.7 Å². The lowest BCUT2D eigenvalue weighted by molar-refractivity contribution is -0.193. The first kappa shape index (κ1) is 32.5. The number of allylic oxidation sites excluding steroid dienone is 5. The average Bonchev–Trinajstić information content (AvgIpc) is 2.97. The topological polar surface area (TPSA) is 119 Å². The lowest BCUT2D eigenvalue weighted by Crippen LogP contribution is -2.57. The highest BCUT2D eigenvalue weighted by Gasteiger charge is 2.46. The first-order chi connectivity index (χ1) is 19.6. The van der Waals surface area contributed by atoms with Gasteiger partial charge < -0.3 is 20.4 Å². The Morgan fingerprint density at radius 1 is 1.12 bits per heavy atom. The van der Waals surface area contributed by atoms with E-state index in [0.29, 0.717) is 41.9 Å². The fourth-order valence-electron chi connectivity index (χ4n) is 5.67. The molecule has 0 radical (unpaired) electrons. The molecule has 3 N–H and O–H groups in total. The number of aliphatic hydroxyl groups excluding tert-OH is 1. The van der Waals surface area contributed by atoms with Crippen LogP contribution < -0.4 is 5.73 Å². The number of hydrogen-bond donors (Lipinski definition) is 2. The smallest absolute Gasteiger partial charge is 0.395 e. The molecule has 3 atom stereocenters. The van der Waals surface area contributed by atoms with Crippen molar-refractivity contribution in [1.82, 2.24) is 5.06 Å².